The molecular formula is C17H26BrN3O2. The van der Waals surface area contributed by atoms with Crippen molar-refractivity contribution in [1.29, 1.82) is 0 Å². The third kappa shape index (κ3) is 6.47. The van der Waals surface area contributed by atoms with Crippen molar-refractivity contribution in [3.05, 3.63) is 28.5 Å². The predicted molar refractivity (Wildman–Crippen MR) is 94.1 cm³/mol. The number of nitrogens with one attached hydrogen (secondary N) is 2. The quantitative estimate of drug-likeness (QED) is 0.761. The number of halogens is 1. The molecule has 1 fully saturated rings. The molecule has 0 radical (unpaired) electrons. The highest BCUT2D eigenvalue weighted by Gasteiger charge is 2.27. The van der Waals surface area contributed by atoms with Crippen LogP contribution in [0.25, 0.3) is 0 Å². The molecule has 1 amide bonds. The van der Waals surface area contributed by atoms with Crippen LogP contribution >= 0.6 is 15.9 Å². The standard InChI is InChI=1S/C17H26BrN3O2/c1-17(2,3)23-16(22)20-10-12-6-4-8-14(12)19-11-13-7-5-9-15(18)21-13/h5,7,9,12,14,19H,4,6,8,10-11H2,1-3H3,(H,20,22). The fourth-order valence-electron chi connectivity index (χ4n) is 2.86. The van der Waals surface area contributed by atoms with Gasteiger partial charge in [0.05, 0.1) is 5.69 Å². The summed E-state index contributed by atoms with van der Waals surface area (Å²) in [5.41, 5.74) is 0.564. The molecule has 0 aliphatic heterocycles. The zero-order chi connectivity index (χ0) is 16.9. The number of ether oxygens (including phenoxy) is 1. The van der Waals surface area contributed by atoms with Crippen LogP contribution in [0.2, 0.25) is 0 Å². The Morgan fingerprint density at radius 3 is 2.87 bits per heavy atom. The van der Waals surface area contributed by atoms with E-state index in [0.29, 0.717) is 18.5 Å². The molecular weight excluding hydrogens is 358 g/mol. The molecule has 0 bridgehead atoms. The number of carbonyl (C=O) groups excluding carboxylic acids is 1. The number of hydrogen-bond donors (Lipinski definition) is 2. The molecule has 0 saturated heterocycles. The summed E-state index contributed by atoms with van der Waals surface area (Å²) in [5.74, 6) is 0.440. The van der Waals surface area contributed by atoms with Gasteiger partial charge < -0.3 is 15.4 Å². The van der Waals surface area contributed by atoms with Gasteiger partial charge in [0.15, 0.2) is 0 Å². The molecule has 2 N–H and O–H groups in total. The molecule has 1 saturated carbocycles. The van der Waals surface area contributed by atoms with Gasteiger partial charge in [-0.15, -0.1) is 0 Å². The van der Waals surface area contributed by atoms with Crippen molar-refractivity contribution >= 4 is 22.0 Å². The summed E-state index contributed by atoms with van der Waals surface area (Å²) in [6, 6.07) is 6.34. The van der Waals surface area contributed by atoms with Crippen LogP contribution in [0.5, 0.6) is 0 Å². The van der Waals surface area contributed by atoms with Crippen LogP contribution in [-0.4, -0.2) is 29.3 Å². The Balaban J connectivity index is 1.77. The van der Waals surface area contributed by atoms with Crippen molar-refractivity contribution in [3.8, 4) is 0 Å². The maximum absolute atomic E-state index is 11.8. The molecule has 0 aromatic carbocycles. The highest BCUT2D eigenvalue weighted by molar-refractivity contribution is 9.10. The number of nitrogens with zero attached hydrogens (tertiary/aromatic N) is 1. The maximum Gasteiger partial charge on any atom is 0.407 e. The summed E-state index contributed by atoms with van der Waals surface area (Å²) in [5, 5.41) is 6.47. The van der Waals surface area contributed by atoms with Gasteiger partial charge in [-0.25, -0.2) is 9.78 Å². The average molecular weight is 384 g/mol. The Kier molecular flexibility index (Phi) is 6.41. The lowest BCUT2D eigenvalue weighted by atomic mass is 10.0. The van der Waals surface area contributed by atoms with Gasteiger partial charge in [0.2, 0.25) is 0 Å². The Morgan fingerprint density at radius 2 is 2.17 bits per heavy atom. The van der Waals surface area contributed by atoms with Crippen molar-refractivity contribution in [2.24, 2.45) is 5.92 Å². The minimum Gasteiger partial charge on any atom is -0.444 e. The molecule has 5 nitrogen and oxygen atoms in total. The second-order valence-corrected chi connectivity index (χ2v) is 7.83. The number of aromatic nitrogens is 1. The molecule has 1 aromatic rings. The van der Waals surface area contributed by atoms with Crippen LogP contribution in [-0.2, 0) is 11.3 Å². The number of carbonyl (C=O) groups is 1. The maximum atomic E-state index is 11.8. The average Bonchev–Trinajstić information content (AvgIpc) is 2.88. The van der Waals surface area contributed by atoms with E-state index < -0.39 is 5.60 Å². The second kappa shape index (κ2) is 8.11. The lowest BCUT2D eigenvalue weighted by Gasteiger charge is -2.23. The lowest BCUT2D eigenvalue weighted by Crippen LogP contribution is -2.40. The normalized spacial score (nSPS) is 21.2. The molecule has 2 rings (SSSR count). The van der Waals surface area contributed by atoms with E-state index in [4.69, 9.17) is 4.74 Å². The Hall–Kier alpha value is -1.14. The summed E-state index contributed by atoms with van der Waals surface area (Å²) < 4.78 is 6.14. The van der Waals surface area contributed by atoms with Crippen LogP contribution in [0.3, 0.4) is 0 Å². The molecule has 23 heavy (non-hydrogen) atoms. The first-order valence-corrected chi connectivity index (χ1v) is 8.94. The van der Waals surface area contributed by atoms with Crippen molar-refractivity contribution in [2.45, 2.75) is 58.2 Å². The first-order valence-electron chi connectivity index (χ1n) is 8.15. The summed E-state index contributed by atoms with van der Waals surface area (Å²) in [6.07, 6.45) is 3.11. The van der Waals surface area contributed by atoms with Crippen LogP contribution in [0.1, 0.15) is 45.7 Å². The summed E-state index contributed by atoms with van der Waals surface area (Å²) in [6.45, 7) is 7.01. The number of pyridine rings is 1. The largest absolute Gasteiger partial charge is 0.444 e. The molecule has 2 atom stereocenters. The monoisotopic (exact) mass is 383 g/mol. The smallest absolute Gasteiger partial charge is 0.407 e. The molecule has 2 unspecified atom stereocenters. The topological polar surface area (TPSA) is 63.2 Å². The number of rotatable bonds is 5. The van der Waals surface area contributed by atoms with E-state index in [1.54, 1.807) is 0 Å². The number of hydrogen-bond acceptors (Lipinski definition) is 4. The van der Waals surface area contributed by atoms with Gasteiger partial charge in [-0.05, 0) is 67.6 Å². The van der Waals surface area contributed by atoms with E-state index in [0.717, 1.165) is 29.7 Å². The molecule has 6 heteroatoms. The molecule has 1 aromatic heterocycles. The van der Waals surface area contributed by atoms with Gasteiger partial charge in [-0.2, -0.15) is 0 Å². The fraction of sp³-hybridized carbons (Fsp3) is 0.647. The van der Waals surface area contributed by atoms with Gasteiger partial charge in [0.1, 0.15) is 10.2 Å². The summed E-state index contributed by atoms with van der Waals surface area (Å²) in [4.78, 5) is 16.2. The molecule has 0 spiro atoms. The first-order chi connectivity index (χ1) is 10.8. The minimum absolute atomic E-state index is 0.336. The van der Waals surface area contributed by atoms with E-state index in [1.165, 1.54) is 6.42 Å². The molecule has 1 heterocycles. The Labute approximate surface area is 146 Å². The zero-order valence-corrected chi connectivity index (χ0v) is 15.6. The van der Waals surface area contributed by atoms with Gasteiger partial charge in [-0.3, -0.25) is 0 Å². The van der Waals surface area contributed by atoms with E-state index in [9.17, 15) is 4.79 Å². The van der Waals surface area contributed by atoms with Crippen LogP contribution in [0, 0.1) is 5.92 Å². The minimum atomic E-state index is -0.455. The Bertz CT molecular complexity index is 531. The molecule has 1 aliphatic carbocycles. The summed E-state index contributed by atoms with van der Waals surface area (Å²) >= 11 is 3.39. The van der Waals surface area contributed by atoms with Gasteiger partial charge in [0.25, 0.3) is 0 Å². The van der Waals surface area contributed by atoms with Crippen LogP contribution < -0.4 is 10.6 Å². The fourth-order valence-corrected chi connectivity index (χ4v) is 3.24. The van der Waals surface area contributed by atoms with E-state index in [2.05, 4.69) is 31.5 Å². The van der Waals surface area contributed by atoms with Crippen molar-refractivity contribution in [2.75, 3.05) is 6.54 Å². The van der Waals surface area contributed by atoms with Crippen molar-refractivity contribution in [1.82, 2.24) is 15.6 Å². The second-order valence-electron chi connectivity index (χ2n) is 7.01. The van der Waals surface area contributed by atoms with Crippen LogP contribution in [0.4, 0.5) is 4.79 Å². The van der Waals surface area contributed by atoms with Gasteiger partial charge in [-0.1, -0.05) is 12.5 Å². The SMILES string of the molecule is CC(C)(C)OC(=O)NCC1CCCC1NCc1cccc(Br)n1. The van der Waals surface area contributed by atoms with Crippen molar-refractivity contribution in [3.63, 3.8) is 0 Å². The van der Waals surface area contributed by atoms with Gasteiger partial charge in [0, 0.05) is 19.1 Å². The lowest BCUT2D eigenvalue weighted by molar-refractivity contribution is 0.0517. The van der Waals surface area contributed by atoms with Gasteiger partial charge >= 0.3 is 6.09 Å². The third-order valence-electron chi connectivity index (χ3n) is 3.88. The molecule has 128 valence electrons. The highest BCUT2D eigenvalue weighted by Crippen LogP contribution is 2.25. The predicted octanol–water partition coefficient (Wildman–Crippen LogP) is 3.63. The van der Waals surface area contributed by atoms with Crippen molar-refractivity contribution < 1.29 is 9.53 Å². The highest BCUT2D eigenvalue weighted by atomic mass is 79.9. The Morgan fingerprint density at radius 1 is 1.39 bits per heavy atom. The first kappa shape index (κ1) is 18.2. The van der Waals surface area contributed by atoms with E-state index in [-0.39, 0.29) is 6.09 Å². The van der Waals surface area contributed by atoms with E-state index >= 15 is 0 Å². The summed E-state index contributed by atoms with van der Waals surface area (Å²) in [7, 11) is 0. The zero-order valence-electron chi connectivity index (χ0n) is 14.1. The van der Waals surface area contributed by atoms with Crippen LogP contribution in [0.15, 0.2) is 22.8 Å². The van der Waals surface area contributed by atoms with E-state index in [1.807, 2.05) is 39.0 Å². The molecule has 1 aliphatic rings. The number of alkyl carbamates (subject to hydrolysis) is 1. The third-order valence-corrected chi connectivity index (χ3v) is 4.33. The number of amides is 1.